The molecule has 3 aromatic rings. The third-order valence-electron chi connectivity index (χ3n) is 3.56. The maximum Gasteiger partial charge on any atom is 0.261 e. The second-order valence-electron chi connectivity index (χ2n) is 4.97. The van der Waals surface area contributed by atoms with E-state index in [-0.39, 0.29) is 5.56 Å². The third-order valence-corrected chi connectivity index (χ3v) is 3.56. The van der Waals surface area contributed by atoms with E-state index in [0.717, 1.165) is 11.1 Å². The first-order valence-electron chi connectivity index (χ1n) is 7.44. The van der Waals surface area contributed by atoms with Crippen LogP contribution in [0.25, 0.3) is 22.3 Å². The predicted octanol–water partition coefficient (Wildman–Crippen LogP) is 3.10. The first-order chi connectivity index (χ1) is 10.8. The Kier molecular flexibility index (Phi) is 4.30. The van der Waals surface area contributed by atoms with Gasteiger partial charge in [0.15, 0.2) is 0 Å². The minimum absolute atomic E-state index is 0.0239. The fraction of sp³-hybridized carbons (Fsp3) is 0.222. The average Bonchev–Trinajstić information content (AvgIpc) is 2.57. The zero-order chi connectivity index (χ0) is 15.4. The van der Waals surface area contributed by atoms with Crippen molar-refractivity contribution in [3.05, 3.63) is 65.0 Å². The molecule has 0 fully saturated rings. The summed E-state index contributed by atoms with van der Waals surface area (Å²) in [5.74, 6) is 0.684. The lowest BCUT2D eigenvalue weighted by molar-refractivity contribution is 0.138. The lowest BCUT2D eigenvalue weighted by atomic mass is 10.2. The Hall–Kier alpha value is -2.46. The van der Waals surface area contributed by atoms with E-state index in [9.17, 15) is 4.79 Å². The molecule has 0 aliphatic heterocycles. The third kappa shape index (κ3) is 2.78. The molecule has 0 N–H and O–H groups in total. The summed E-state index contributed by atoms with van der Waals surface area (Å²) in [6, 6.07) is 17.2. The number of hydrogen-bond acceptors (Lipinski definition) is 3. The standard InChI is InChI=1S/C18H18N2O2/c1-2-22-13-12-20-17(14-8-4-3-5-9-14)19-16-11-7-6-10-15(16)18(20)21/h3-11H,2,12-13H2,1H3. The van der Waals surface area contributed by atoms with Gasteiger partial charge >= 0.3 is 0 Å². The molecule has 0 spiro atoms. The summed E-state index contributed by atoms with van der Waals surface area (Å²) in [4.78, 5) is 17.5. The number of ether oxygens (including phenoxy) is 1. The van der Waals surface area contributed by atoms with Crippen LogP contribution in [0.15, 0.2) is 59.4 Å². The fourth-order valence-corrected chi connectivity index (χ4v) is 2.48. The van der Waals surface area contributed by atoms with Gasteiger partial charge in [0.05, 0.1) is 24.1 Å². The van der Waals surface area contributed by atoms with Gasteiger partial charge in [-0.3, -0.25) is 9.36 Å². The molecule has 0 unspecified atom stereocenters. The second-order valence-corrected chi connectivity index (χ2v) is 4.97. The highest BCUT2D eigenvalue weighted by atomic mass is 16.5. The molecule has 1 heterocycles. The minimum atomic E-state index is -0.0239. The van der Waals surface area contributed by atoms with E-state index in [2.05, 4.69) is 0 Å². The maximum absolute atomic E-state index is 12.8. The summed E-state index contributed by atoms with van der Waals surface area (Å²) in [6.07, 6.45) is 0. The molecule has 0 atom stereocenters. The van der Waals surface area contributed by atoms with Gasteiger partial charge in [-0.15, -0.1) is 0 Å². The van der Waals surface area contributed by atoms with E-state index >= 15 is 0 Å². The zero-order valence-corrected chi connectivity index (χ0v) is 12.5. The maximum atomic E-state index is 12.8. The van der Waals surface area contributed by atoms with Crippen LogP contribution in [0.2, 0.25) is 0 Å². The van der Waals surface area contributed by atoms with Crippen molar-refractivity contribution >= 4 is 10.9 Å². The smallest absolute Gasteiger partial charge is 0.261 e. The molecule has 22 heavy (non-hydrogen) atoms. The van der Waals surface area contributed by atoms with Gasteiger partial charge in [0.1, 0.15) is 5.82 Å². The van der Waals surface area contributed by atoms with Crippen molar-refractivity contribution in [3.63, 3.8) is 0 Å². The molecule has 4 heteroatoms. The van der Waals surface area contributed by atoms with Crippen molar-refractivity contribution in [2.75, 3.05) is 13.2 Å². The molecular formula is C18H18N2O2. The number of rotatable bonds is 5. The van der Waals surface area contributed by atoms with Crippen LogP contribution < -0.4 is 5.56 Å². The van der Waals surface area contributed by atoms with Gasteiger partial charge in [0, 0.05) is 12.2 Å². The van der Waals surface area contributed by atoms with Crippen molar-refractivity contribution in [2.45, 2.75) is 13.5 Å². The molecule has 112 valence electrons. The second kappa shape index (κ2) is 6.54. The van der Waals surface area contributed by atoms with Gasteiger partial charge in [-0.25, -0.2) is 4.98 Å². The largest absolute Gasteiger partial charge is 0.380 e. The Labute approximate surface area is 129 Å². The number of fused-ring (bicyclic) bond motifs is 1. The van der Waals surface area contributed by atoms with Gasteiger partial charge in [0.25, 0.3) is 5.56 Å². The highest BCUT2D eigenvalue weighted by Gasteiger charge is 2.12. The van der Waals surface area contributed by atoms with Gasteiger partial charge in [0.2, 0.25) is 0 Å². The van der Waals surface area contributed by atoms with Crippen molar-refractivity contribution < 1.29 is 4.74 Å². The Morgan fingerprint density at radius 1 is 1.05 bits per heavy atom. The van der Waals surface area contributed by atoms with Gasteiger partial charge < -0.3 is 4.74 Å². The Bertz CT molecular complexity index is 825. The molecule has 0 bridgehead atoms. The Balaban J connectivity index is 2.19. The highest BCUT2D eigenvalue weighted by molar-refractivity contribution is 5.79. The Morgan fingerprint density at radius 3 is 2.55 bits per heavy atom. The van der Waals surface area contributed by atoms with Crippen LogP contribution in [0.4, 0.5) is 0 Å². The summed E-state index contributed by atoms with van der Waals surface area (Å²) in [5, 5.41) is 0.638. The summed E-state index contributed by atoms with van der Waals surface area (Å²) in [5.41, 5.74) is 1.63. The normalized spacial score (nSPS) is 11.0. The number of hydrogen-bond donors (Lipinski definition) is 0. The van der Waals surface area contributed by atoms with E-state index in [1.54, 1.807) is 4.57 Å². The molecule has 1 aromatic heterocycles. The lowest BCUT2D eigenvalue weighted by Gasteiger charge is -2.13. The van der Waals surface area contributed by atoms with Crippen molar-refractivity contribution in [1.82, 2.24) is 9.55 Å². The monoisotopic (exact) mass is 294 g/mol. The van der Waals surface area contributed by atoms with Gasteiger partial charge in [-0.1, -0.05) is 42.5 Å². The van der Waals surface area contributed by atoms with Crippen molar-refractivity contribution in [1.29, 1.82) is 0 Å². The summed E-state index contributed by atoms with van der Waals surface area (Å²) >= 11 is 0. The van der Waals surface area contributed by atoms with E-state index in [0.29, 0.717) is 31.0 Å². The van der Waals surface area contributed by atoms with Crippen molar-refractivity contribution in [3.8, 4) is 11.4 Å². The van der Waals surface area contributed by atoms with Crippen LogP contribution in [0.1, 0.15) is 6.92 Å². The average molecular weight is 294 g/mol. The number of benzene rings is 2. The molecule has 0 amide bonds. The molecule has 2 aromatic carbocycles. The SMILES string of the molecule is CCOCCn1c(-c2ccccc2)nc2ccccc2c1=O. The van der Waals surface area contributed by atoms with E-state index in [1.165, 1.54) is 0 Å². The first-order valence-corrected chi connectivity index (χ1v) is 7.44. The van der Waals surface area contributed by atoms with Crippen LogP contribution in [-0.4, -0.2) is 22.8 Å². The quantitative estimate of drug-likeness (QED) is 0.679. The number of aromatic nitrogens is 2. The van der Waals surface area contributed by atoms with Crippen molar-refractivity contribution in [2.24, 2.45) is 0 Å². The highest BCUT2D eigenvalue weighted by Crippen LogP contribution is 2.18. The molecule has 0 aliphatic carbocycles. The fourth-order valence-electron chi connectivity index (χ4n) is 2.48. The Morgan fingerprint density at radius 2 is 1.77 bits per heavy atom. The molecule has 0 radical (unpaired) electrons. The summed E-state index contributed by atoms with van der Waals surface area (Å²) < 4.78 is 7.11. The van der Waals surface area contributed by atoms with E-state index < -0.39 is 0 Å². The minimum Gasteiger partial charge on any atom is -0.380 e. The molecule has 0 saturated heterocycles. The number of nitrogens with zero attached hydrogens (tertiary/aromatic N) is 2. The predicted molar refractivity (Wildman–Crippen MR) is 87.9 cm³/mol. The molecule has 3 rings (SSSR count). The lowest BCUT2D eigenvalue weighted by Crippen LogP contribution is -2.25. The first kappa shape index (κ1) is 14.5. The summed E-state index contributed by atoms with van der Waals surface area (Å²) in [6.45, 7) is 3.57. The number of para-hydroxylation sites is 1. The molecule has 0 saturated carbocycles. The van der Waals surface area contributed by atoms with Crippen LogP contribution in [0.5, 0.6) is 0 Å². The molecule has 4 nitrogen and oxygen atoms in total. The zero-order valence-electron chi connectivity index (χ0n) is 12.5. The van der Waals surface area contributed by atoms with E-state index in [4.69, 9.17) is 9.72 Å². The topological polar surface area (TPSA) is 44.1 Å². The van der Waals surface area contributed by atoms with Crippen LogP contribution in [-0.2, 0) is 11.3 Å². The van der Waals surface area contributed by atoms with Gasteiger partial charge in [-0.05, 0) is 19.1 Å². The van der Waals surface area contributed by atoms with Gasteiger partial charge in [-0.2, -0.15) is 0 Å². The molecular weight excluding hydrogens is 276 g/mol. The van der Waals surface area contributed by atoms with Crippen LogP contribution >= 0.6 is 0 Å². The van der Waals surface area contributed by atoms with Crippen LogP contribution in [0, 0.1) is 0 Å². The summed E-state index contributed by atoms with van der Waals surface area (Å²) in [7, 11) is 0. The molecule has 0 aliphatic rings. The van der Waals surface area contributed by atoms with Crippen LogP contribution in [0.3, 0.4) is 0 Å². The van der Waals surface area contributed by atoms with E-state index in [1.807, 2.05) is 61.5 Å².